The molecule has 2 aromatic rings. The number of aliphatic hydroxyl groups is 1. The Hall–Kier alpha value is -2.29. The quantitative estimate of drug-likeness (QED) is 0.760. The first-order valence-corrected chi connectivity index (χ1v) is 6.91. The summed E-state index contributed by atoms with van der Waals surface area (Å²) in [5.74, 6) is -7.45. The third kappa shape index (κ3) is 2.82. The molecule has 25 heavy (non-hydrogen) atoms. The summed E-state index contributed by atoms with van der Waals surface area (Å²) < 4.78 is 99.6. The Morgan fingerprint density at radius 3 is 2.20 bits per heavy atom. The predicted molar refractivity (Wildman–Crippen MR) is 71.6 cm³/mol. The molecule has 1 N–H and O–H groups in total. The van der Waals surface area contributed by atoms with Crippen molar-refractivity contribution in [2.45, 2.75) is 24.6 Å². The van der Waals surface area contributed by atoms with Crippen molar-refractivity contribution in [2.75, 3.05) is 0 Å². The van der Waals surface area contributed by atoms with Gasteiger partial charge in [-0.1, -0.05) is 6.07 Å². The molecule has 0 radical (unpaired) electrons. The van der Waals surface area contributed by atoms with Crippen molar-refractivity contribution in [2.24, 2.45) is 0 Å². The van der Waals surface area contributed by atoms with Gasteiger partial charge in [-0.15, -0.1) is 0 Å². The standard InChI is InChI=1S/C16H9F7O2/c17-6-3-7(18)5-8(4-6)25-10-2-1-9-12(11(10)15(21)22)16(23,24)14(20)13(9)19/h1-5,13-15,24H. The van der Waals surface area contributed by atoms with Crippen molar-refractivity contribution in [3.8, 4) is 11.5 Å². The lowest BCUT2D eigenvalue weighted by Gasteiger charge is -2.20. The first-order valence-electron chi connectivity index (χ1n) is 6.91. The molecule has 0 aromatic heterocycles. The van der Waals surface area contributed by atoms with Gasteiger partial charge in [0.2, 0.25) is 0 Å². The molecule has 1 aliphatic carbocycles. The van der Waals surface area contributed by atoms with Crippen LogP contribution >= 0.6 is 0 Å². The number of hydrogen-bond acceptors (Lipinski definition) is 2. The molecule has 0 saturated carbocycles. The summed E-state index contributed by atoms with van der Waals surface area (Å²) in [6.45, 7) is 0. The van der Waals surface area contributed by atoms with Crippen molar-refractivity contribution in [3.05, 3.63) is 58.7 Å². The molecule has 0 fully saturated rings. The van der Waals surface area contributed by atoms with E-state index in [2.05, 4.69) is 0 Å². The number of rotatable bonds is 3. The van der Waals surface area contributed by atoms with Gasteiger partial charge in [-0.25, -0.2) is 30.7 Å². The van der Waals surface area contributed by atoms with Gasteiger partial charge < -0.3 is 9.84 Å². The summed E-state index contributed by atoms with van der Waals surface area (Å²) in [5, 5.41) is 9.50. The van der Waals surface area contributed by atoms with E-state index in [9.17, 15) is 35.8 Å². The average Bonchev–Trinajstić information content (AvgIpc) is 2.67. The highest BCUT2D eigenvalue weighted by Gasteiger charge is 2.56. The minimum atomic E-state index is -3.99. The number of benzene rings is 2. The number of alkyl halides is 5. The molecular formula is C16H9F7O2. The third-order valence-corrected chi connectivity index (χ3v) is 3.79. The van der Waals surface area contributed by atoms with Crippen LogP contribution in [0.3, 0.4) is 0 Å². The molecule has 0 heterocycles. The Labute approximate surface area is 136 Å². The lowest BCUT2D eigenvalue weighted by Crippen LogP contribution is -2.29. The lowest BCUT2D eigenvalue weighted by molar-refractivity contribution is -0.157. The second kappa shape index (κ2) is 5.91. The molecule has 3 unspecified atom stereocenters. The van der Waals surface area contributed by atoms with Crippen molar-refractivity contribution < 1.29 is 40.6 Å². The molecule has 2 nitrogen and oxygen atoms in total. The van der Waals surface area contributed by atoms with Crippen LogP contribution in [0, 0.1) is 11.6 Å². The molecular weight excluding hydrogens is 357 g/mol. The summed E-state index contributed by atoms with van der Waals surface area (Å²) in [4.78, 5) is 0. The molecule has 0 bridgehead atoms. The summed E-state index contributed by atoms with van der Waals surface area (Å²) in [7, 11) is 0. The Morgan fingerprint density at radius 2 is 1.64 bits per heavy atom. The Morgan fingerprint density at radius 1 is 1.04 bits per heavy atom. The second-order valence-corrected chi connectivity index (χ2v) is 5.43. The molecule has 134 valence electrons. The number of halogens is 7. The molecule has 3 rings (SSSR count). The van der Waals surface area contributed by atoms with Crippen LogP contribution in [0.4, 0.5) is 30.7 Å². The normalized spacial score (nSPS) is 25.3. The molecule has 0 aliphatic heterocycles. The van der Waals surface area contributed by atoms with Crippen molar-refractivity contribution >= 4 is 0 Å². The average molecular weight is 366 g/mol. The SMILES string of the molecule is OC1(F)c2c(ccc(Oc3cc(F)cc(F)c3)c2C(F)F)C(F)C1F. The maximum absolute atomic E-state index is 14.1. The van der Waals surface area contributed by atoms with Crippen LogP contribution in [-0.4, -0.2) is 11.3 Å². The maximum Gasteiger partial charge on any atom is 0.268 e. The van der Waals surface area contributed by atoms with E-state index >= 15 is 0 Å². The summed E-state index contributed by atoms with van der Waals surface area (Å²) in [6, 6.07) is 3.39. The van der Waals surface area contributed by atoms with E-state index in [0.29, 0.717) is 18.2 Å². The minimum Gasteiger partial charge on any atom is -0.457 e. The topological polar surface area (TPSA) is 29.5 Å². The van der Waals surface area contributed by atoms with Gasteiger partial charge in [-0.3, -0.25) is 0 Å². The fourth-order valence-corrected chi connectivity index (χ4v) is 2.75. The fourth-order valence-electron chi connectivity index (χ4n) is 2.75. The van der Waals surface area contributed by atoms with E-state index in [4.69, 9.17) is 4.74 Å². The van der Waals surface area contributed by atoms with E-state index in [0.717, 1.165) is 12.1 Å². The van der Waals surface area contributed by atoms with Gasteiger partial charge in [0.25, 0.3) is 12.3 Å². The molecule has 1 aliphatic rings. The number of hydrogen-bond donors (Lipinski definition) is 1. The minimum absolute atomic E-state index is 0.505. The fraction of sp³-hybridized carbons (Fsp3) is 0.250. The van der Waals surface area contributed by atoms with Crippen LogP contribution in [0.15, 0.2) is 30.3 Å². The molecule has 0 saturated heterocycles. The Kier molecular flexibility index (Phi) is 4.14. The van der Waals surface area contributed by atoms with Gasteiger partial charge in [0.15, 0.2) is 12.3 Å². The third-order valence-electron chi connectivity index (χ3n) is 3.79. The zero-order valence-electron chi connectivity index (χ0n) is 12.1. The maximum atomic E-state index is 14.1. The summed E-state index contributed by atoms with van der Waals surface area (Å²) in [5.41, 5.74) is -3.36. The monoisotopic (exact) mass is 366 g/mol. The van der Waals surface area contributed by atoms with Crippen LogP contribution < -0.4 is 4.74 Å². The zero-order valence-corrected chi connectivity index (χ0v) is 12.1. The summed E-state index contributed by atoms with van der Waals surface area (Å²) >= 11 is 0. The van der Waals surface area contributed by atoms with Gasteiger partial charge in [0, 0.05) is 23.8 Å². The first-order chi connectivity index (χ1) is 11.6. The van der Waals surface area contributed by atoms with Crippen LogP contribution in [0.5, 0.6) is 11.5 Å². The van der Waals surface area contributed by atoms with Gasteiger partial charge in [0.05, 0.1) is 5.56 Å². The highest BCUT2D eigenvalue weighted by Crippen LogP contribution is 2.53. The van der Waals surface area contributed by atoms with Crippen molar-refractivity contribution in [1.82, 2.24) is 0 Å². The Bertz CT molecular complexity index is 802. The van der Waals surface area contributed by atoms with Gasteiger partial charge in [-0.05, 0) is 11.6 Å². The van der Waals surface area contributed by atoms with Crippen LogP contribution in [-0.2, 0) is 5.85 Å². The molecule has 9 heteroatoms. The van der Waals surface area contributed by atoms with E-state index in [1.165, 1.54) is 0 Å². The molecule has 0 spiro atoms. The second-order valence-electron chi connectivity index (χ2n) is 5.43. The van der Waals surface area contributed by atoms with Crippen LogP contribution in [0.2, 0.25) is 0 Å². The van der Waals surface area contributed by atoms with E-state index in [1.54, 1.807) is 0 Å². The van der Waals surface area contributed by atoms with E-state index in [1.807, 2.05) is 0 Å². The number of fused-ring (bicyclic) bond motifs is 1. The van der Waals surface area contributed by atoms with E-state index in [-0.39, 0.29) is 0 Å². The van der Waals surface area contributed by atoms with Gasteiger partial charge >= 0.3 is 0 Å². The smallest absolute Gasteiger partial charge is 0.268 e. The van der Waals surface area contributed by atoms with E-state index < -0.39 is 64.4 Å². The largest absolute Gasteiger partial charge is 0.457 e. The van der Waals surface area contributed by atoms with Crippen LogP contribution in [0.1, 0.15) is 29.3 Å². The highest BCUT2D eigenvalue weighted by molar-refractivity contribution is 5.54. The molecule has 3 atom stereocenters. The van der Waals surface area contributed by atoms with Crippen LogP contribution in [0.25, 0.3) is 0 Å². The molecule has 2 aromatic carbocycles. The Balaban J connectivity index is 2.15. The van der Waals surface area contributed by atoms with Crippen molar-refractivity contribution in [1.29, 1.82) is 0 Å². The molecule has 0 amide bonds. The lowest BCUT2D eigenvalue weighted by atomic mass is 9.99. The predicted octanol–water partition coefficient (Wildman–Crippen LogP) is 5.17. The highest BCUT2D eigenvalue weighted by atomic mass is 19.3. The van der Waals surface area contributed by atoms with Gasteiger partial charge in [-0.2, -0.15) is 0 Å². The first kappa shape index (κ1) is 17.5. The summed E-state index contributed by atoms with van der Waals surface area (Å²) in [6.07, 6.45) is -9.23. The van der Waals surface area contributed by atoms with Gasteiger partial charge in [0.1, 0.15) is 23.1 Å². The number of ether oxygens (including phenoxy) is 1. The zero-order chi connectivity index (χ0) is 18.5. The van der Waals surface area contributed by atoms with Crippen molar-refractivity contribution in [3.63, 3.8) is 0 Å².